The molecule has 3 aromatic rings. The standard InChI is InChI=1S/C18H18N6O4/c1-4-12-9-16(25)21-18(19-12)23-15(8-10(2)22-23)20-17(26)13-6-5-7-14(11(13)3)24(27)28/h5-9H,4H2,1-3H3,(H,20,26)(H,19,21,25). The van der Waals surface area contributed by atoms with Crippen molar-refractivity contribution >= 4 is 17.4 Å². The lowest BCUT2D eigenvalue weighted by Crippen LogP contribution is -2.20. The summed E-state index contributed by atoms with van der Waals surface area (Å²) in [7, 11) is 0. The van der Waals surface area contributed by atoms with Crippen LogP contribution in [0.15, 0.2) is 35.1 Å². The highest BCUT2D eigenvalue weighted by atomic mass is 16.6. The van der Waals surface area contributed by atoms with Crippen LogP contribution >= 0.6 is 0 Å². The molecule has 2 heterocycles. The Morgan fingerprint density at radius 2 is 2.07 bits per heavy atom. The summed E-state index contributed by atoms with van der Waals surface area (Å²) in [5.41, 5.74) is 1.13. The molecular weight excluding hydrogens is 364 g/mol. The van der Waals surface area contributed by atoms with E-state index in [0.717, 1.165) is 0 Å². The fraction of sp³-hybridized carbons (Fsp3) is 0.222. The molecule has 0 fully saturated rings. The van der Waals surface area contributed by atoms with Gasteiger partial charge in [-0.25, -0.2) is 4.98 Å². The van der Waals surface area contributed by atoms with Crippen molar-refractivity contribution in [3.8, 4) is 5.95 Å². The number of nitrogens with one attached hydrogen (secondary N) is 2. The number of benzene rings is 1. The number of hydrogen-bond donors (Lipinski definition) is 2. The topological polar surface area (TPSA) is 136 Å². The summed E-state index contributed by atoms with van der Waals surface area (Å²) in [6, 6.07) is 7.30. The van der Waals surface area contributed by atoms with Gasteiger partial charge >= 0.3 is 0 Å². The third-order valence-corrected chi connectivity index (χ3v) is 4.16. The second kappa shape index (κ2) is 7.43. The number of H-pyrrole nitrogens is 1. The predicted molar refractivity (Wildman–Crippen MR) is 102 cm³/mol. The molecule has 10 nitrogen and oxygen atoms in total. The number of nitro groups is 1. The van der Waals surface area contributed by atoms with E-state index >= 15 is 0 Å². The second-order valence-electron chi connectivity index (χ2n) is 6.16. The number of aryl methyl sites for hydroxylation is 2. The van der Waals surface area contributed by atoms with Gasteiger partial charge in [-0.2, -0.15) is 9.78 Å². The zero-order valence-electron chi connectivity index (χ0n) is 15.5. The van der Waals surface area contributed by atoms with Gasteiger partial charge in [-0.1, -0.05) is 13.0 Å². The van der Waals surface area contributed by atoms with Crippen LogP contribution in [0.4, 0.5) is 11.5 Å². The van der Waals surface area contributed by atoms with Gasteiger partial charge in [0, 0.05) is 35.0 Å². The summed E-state index contributed by atoms with van der Waals surface area (Å²) in [6.07, 6.45) is 0.561. The van der Waals surface area contributed by atoms with E-state index in [0.29, 0.717) is 17.8 Å². The molecule has 2 N–H and O–H groups in total. The number of anilines is 1. The van der Waals surface area contributed by atoms with Gasteiger partial charge in [0.25, 0.3) is 17.2 Å². The van der Waals surface area contributed by atoms with Gasteiger partial charge in [0.1, 0.15) is 5.82 Å². The van der Waals surface area contributed by atoms with Crippen molar-refractivity contribution in [2.45, 2.75) is 27.2 Å². The van der Waals surface area contributed by atoms with Crippen LogP contribution in [0.2, 0.25) is 0 Å². The summed E-state index contributed by atoms with van der Waals surface area (Å²) in [5, 5.41) is 18.1. The maximum absolute atomic E-state index is 12.7. The Balaban J connectivity index is 2.00. The van der Waals surface area contributed by atoms with Crippen molar-refractivity contribution in [2.24, 2.45) is 0 Å². The molecule has 0 saturated carbocycles. The Bertz CT molecular complexity index is 1130. The van der Waals surface area contributed by atoms with Crippen molar-refractivity contribution in [1.29, 1.82) is 0 Å². The molecule has 144 valence electrons. The number of rotatable bonds is 5. The van der Waals surface area contributed by atoms with Gasteiger partial charge in [-0.15, -0.1) is 0 Å². The SMILES string of the molecule is CCc1cc(=O)[nH]c(-n2nc(C)cc2NC(=O)c2cccc([N+](=O)[O-])c2C)n1. The third-order valence-electron chi connectivity index (χ3n) is 4.16. The molecule has 0 spiro atoms. The Morgan fingerprint density at radius 3 is 2.75 bits per heavy atom. The van der Waals surface area contributed by atoms with E-state index < -0.39 is 10.8 Å². The van der Waals surface area contributed by atoms with Crippen molar-refractivity contribution in [3.05, 3.63) is 73.3 Å². The summed E-state index contributed by atoms with van der Waals surface area (Å²) < 4.78 is 1.32. The van der Waals surface area contributed by atoms with Crippen molar-refractivity contribution in [1.82, 2.24) is 19.7 Å². The molecular formula is C18H18N6O4. The van der Waals surface area contributed by atoms with Crippen LogP contribution in [0.25, 0.3) is 5.95 Å². The van der Waals surface area contributed by atoms with Crippen LogP contribution in [-0.4, -0.2) is 30.6 Å². The van der Waals surface area contributed by atoms with Gasteiger partial charge in [0.15, 0.2) is 0 Å². The minimum atomic E-state index is -0.536. The average molecular weight is 382 g/mol. The first-order valence-electron chi connectivity index (χ1n) is 8.52. The van der Waals surface area contributed by atoms with E-state index in [4.69, 9.17) is 0 Å². The van der Waals surface area contributed by atoms with Crippen LogP contribution < -0.4 is 10.9 Å². The summed E-state index contributed by atoms with van der Waals surface area (Å²) in [4.78, 5) is 42.1. The van der Waals surface area contributed by atoms with Gasteiger partial charge in [-0.3, -0.25) is 24.7 Å². The molecule has 0 aliphatic heterocycles. The number of hydrogen-bond acceptors (Lipinski definition) is 6. The maximum atomic E-state index is 12.7. The smallest absolute Gasteiger partial charge is 0.273 e. The highest BCUT2D eigenvalue weighted by Gasteiger charge is 2.20. The second-order valence-corrected chi connectivity index (χ2v) is 6.16. The first-order valence-corrected chi connectivity index (χ1v) is 8.52. The van der Waals surface area contributed by atoms with Crippen LogP contribution in [0, 0.1) is 24.0 Å². The summed E-state index contributed by atoms with van der Waals surface area (Å²) in [6.45, 7) is 5.11. The Kier molecular flexibility index (Phi) is 5.03. The van der Waals surface area contributed by atoms with E-state index in [1.165, 1.54) is 35.9 Å². The molecule has 1 amide bonds. The third kappa shape index (κ3) is 3.65. The molecule has 3 rings (SSSR count). The predicted octanol–water partition coefficient (Wildman–Crippen LogP) is 2.30. The largest absolute Gasteiger partial charge is 0.306 e. The molecule has 10 heteroatoms. The monoisotopic (exact) mass is 382 g/mol. The Morgan fingerprint density at radius 1 is 1.32 bits per heavy atom. The van der Waals surface area contributed by atoms with E-state index in [9.17, 15) is 19.7 Å². The van der Waals surface area contributed by atoms with E-state index in [1.54, 1.807) is 13.0 Å². The van der Waals surface area contributed by atoms with E-state index in [2.05, 4.69) is 20.4 Å². The van der Waals surface area contributed by atoms with E-state index in [-0.39, 0.29) is 34.1 Å². The molecule has 0 atom stereocenters. The van der Waals surface area contributed by atoms with Gasteiger partial charge in [-0.05, 0) is 26.3 Å². The highest BCUT2D eigenvalue weighted by Crippen LogP contribution is 2.22. The minimum Gasteiger partial charge on any atom is -0.306 e. The number of carbonyl (C=O) groups excluding carboxylic acids is 1. The van der Waals surface area contributed by atoms with Crippen LogP contribution in [0.1, 0.15) is 34.2 Å². The molecule has 0 radical (unpaired) electrons. The lowest BCUT2D eigenvalue weighted by molar-refractivity contribution is -0.385. The molecule has 0 aliphatic rings. The van der Waals surface area contributed by atoms with Gasteiger partial charge < -0.3 is 5.32 Å². The summed E-state index contributed by atoms with van der Waals surface area (Å²) >= 11 is 0. The number of nitro benzene ring substituents is 1. The van der Waals surface area contributed by atoms with Crippen LogP contribution in [0.3, 0.4) is 0 Å². The lowest BCUT2D eigenvalue weighted by Gasteiger charge is -2.10. The molecule has 0 saturated heterocycles. The highest BCUT2D eigenvalue weighted by molar-refractivity contribution is 6.05. The molecule has 0 unspecified atom stereocenters. The van der Waals surface area contributed by atoms with Crippen molar-refractivity contribution in [2.75, 3.05) is 5.32 Å². The maximum Gasteiger partial charge on any atom is 0.273 e. The number of carbonyl (C=O) groups is 1. The Labute approximate surface area is 159 Å². The fourth-order valence-corrected chi connectivity index (χ4v) is 2.78. The number of nitrogens with zero attached hydrogens (tertiary/aromatic N) is 4. The average Bonchev–Trinajstić information content (AvgIpc) is 3.01. The normalized spacial score (nSPS) is 10.7. The van der Waals surface area contributed by atoms with Crippen LogP contribution in [0.5, 0.6) is 0 Å². The first kappa shape index (κ1) is 19.0. The number of aromatic amines is 1. The van der Waals surface area contributed by atoms with Crippen molar-refractivity contribution < 1.29 is 9.72 Å². The molecule has 1 aromatic carbocycles. The minimum absolute atomic E-state index is 0.140. The van der Waals surface area contributed by atoms with Crippen LogP contribution in [-0.2, 0) is 6.42 Å². The van der Waals surface area contributed by atoms with Gasteiger partial charge in [0.2, 0.25) is 5.95 Å². The molecule has 2 aromatic heterocycles. The van der Waals surface area contributed by atoms with E-state index in [1.807, 2.05) is 6.92 Å². The lowest BCUT2D eigenvalue weighted by atomic mass is 10.1. The first-order chi connectivity index (χ1) is 13.3. The fourth-order valence-electron chi connectivity index (χ4n) is 2.78. The van der Waals surface area contributed by atoms with Crippen molar-refractivity contribution in [3.63, 3.8) is 0 Å². The number of amides is 1. The van der Waals surface area contributed by atoms with Gasteiger partial charge in [0.05, 0.1) is 10.6 Å². The number of aromatic nitrogens is 4. The zero-order valence-corrected chi connectivity index (χ0v) is 15.5. The molecule has 0 bridgehead atoms. The Hall–Kier alpha value is -3.82. The quantitative estimate of drug-likeness (QED) is 0.513. The summed E-state index contributed by atoms with van der Waals surface area (Å²) in [5.74, 6) is -0.0790. The molecule has 0 aliphatic carbocycles. The zero-order chi connectivity index (χ0) is 20.4. The molecule has 28 heavy (non-hydrogen) atoms.